The molecule has 3 heteroatoms. The third-order valence-corrected chi connectivity index (χ3v) is 3.45. The van der Waals surface area contributed by atoms with Crippen LogP contribution in [0.25, 0.3) is 0 Å². The molecule has 0 aliphatic carbocycles. The second kappa shape index (κ2) is 6.18. The van der Waals surface area contributed by atoms with E-state index < -0.39 is 0 Å². The highest BCUT2D eigenvalue weighted by molar-refractivity contribution is 9.50. The molecule has 0 nitrogen and oxygen atoms in total. The van der Waals surface area contributed by atoms with E-state index in [0.717, 1.165) is 5.08 Å². The summed E-state index contributed by atoms with van der Waals surface area (Å²) in [5.74, 6) is 1.22. The van der Waals surface area contributed by atoms with Gasteiger partial charge in [0.25, 0.3) is 0 Å². The Kier molecular flexibility index (Phi) is 7.40. The highest BCUT2D eigenvalue weighted by atomic mass is 79.9. The summed E-state index contributed by atoms with van der Waals surface area (Å²) < 4.78 is 0. The van der Waals surface area contributed by atoms with Crippen molar-refractivity contribution in [2.24, 2.45) is 0 Å². The molecule has 0 saturated carbocycles. The first-order valence-corrected chi connectivity index (χ1v) is 5.71. The summed E-state index contributed by atoms with van der Waals surface area (Å²) in [6, 6.07) is 0. The van der Waals surface area contributed by atoms with Crippen molar-refractivity contribution in [3.8, 4) is 0 Å². The molecule has 0 heterocycles. The summed E-state index contributed by atoms with van der Waals surface area (Å²) >= 11 is 5.17. The van der Waals surface area contributed by atoms with Crippen molar-refractivity contribution >= 4 is 36.8 Å². The SMILES string of the molecule is CCSCSBr. The Balaban J connectivity index is 2.34. The zero-order valence-corrected chi connectivity index (χ0v) is 6.83. The van der Waals surface area contributed by atoms with Crippen LogP contribution >= 0.6 is 36.8 Å². The second-order valence-electron chi connectivity index (χ2n) is 0.720. The molecule has 0 saturated heterocycles. The largest absolute Gasteiger partial charge is 0.150 e. The molecule has 0 aliphatic heterocycles. The molecule has 0 amide bonds. The van der Waals surface area contributed by atoms with Crippen LogP contribution in [0.1, 0.15) is 6.92 Å². The number of hydrogen-bond donors (Lipinski definition) is 0. The van der Waals surface area contributed by atoms with Crippen LogP contribution in [0.4, 0.5) is 0 Å². The van der Waals surface area contributed by atoms with Gasteiger partial charge in [0.15, 0.2) is 0 Å². The fraction of sp³-hybridized carbons (Fsp3) is 1.00. The van der Waals surface area contributed by atoms with Gasteiger partial charge in [-0.3, -0.25) is 0 Å². The van der Waals surface area contributed by atoms with Crippen LogP contribution in [-0.2, 0) is 0 Å². The van der Waals surface area contributed by atoms with E-state index in [4.69, 9.17) is 0 Å². The first-order chi connectivity index (χ1) is 2.91. The first kappa shape index (κ1) is 7.18. The van der Waals surface area contributed by atoms with Crippen molar-refractivity contribution < 1.29 is 0 Å². The molecule has 0 atom stereocenters. The van der Waals surface area contributed by atoms with Crippen molar-refractivity contribution in [1.82, 2.24) is 0 Å². The Morgan fingerprint density at radius 1 is 1.67 bits per heavy atom. The maximum Gasteiger partial charge on any atom is 0.0501 e. The van der Waals surface area contributed by atoms with Crippen LogP contribution in [0.3, 0.4) is 0 Å². The molecule has 0 unspecified atom stereocenters. The fourth-order valence-corrected chi connectivity index (χ4v) is 2.22. The third-order valence-electron chi connectivity index (χ3n) is 0.332. The van der Waals surface area contributed by atoms with Crippen LogP contribution in [0.5, 0.6) is 0 Å². The van der Waals surface area contributed by atoms with Crippen molar-refractivity contribution in [2.75, 3.05) is 10.8 Å². The lowest BCUT2D eigenvalue weighted by molar-refractivity contribution is 1.53. The molecule has 0 aromatic rings. The average molecular weight is 187 g/mol. The monoisotopic (exact) mass is 186 g/mol. The van der Waals surface area contributed by atoms with Gasteiger partial charge in [0.1, 0.15) is 0 Å². The fourth-order valence-electron chi connectivity index (χ4n) is 0.115. The van der Waals surface area contributed by atoms with E-state index in [1.54, 1.807) is 10.2 Å². The Bertz CT molecular complexity index is 20.8. The summed E-state index contributed by atoms with van der Waals surface area (Å²) in [4.78, 5) is 0. The number of halogens is 1. The van der Waals surface area contributed by atoms with Gasteiger partial charge < -0.3 is 0 Å². The normalized spacial score (nSPS) is 9.00. The molecule has 38 valence electrons. The molecule has 0 fully saturated rings. The van der Waals surface area contributed by atoms with E-state index >= 15 is 0 Å². The van der Waals surface area contributed by atoms with Crippen molar-refractivity contribution in [3.05, 3.63) is 0 Å². The van der Waals surface area contributed by atoms with Crippen molar-refractivity contribution in [1.29, 1.82) is 0 Å². The van der Waals surface area contributed by atoms with E-state index in [2.05, 4.69) is 21.7 Å². The van der Waals surface area contributed by atoms with E-state index in [1.165, 1.54) is 5.75 Å². The van der Waals surface area contributed by atoms with E-state index in [9.17, 15) is 0 Å². The Hall–Kier alpha value is 1.18. The van der Waals surface area contributed by atoms with Gasteiger partial charge in [-0.25, -0.2) is 0 Å². The zero-order valence-electron chi connectivity index (χ0n) is 3.61. The van der Waals surface area contributed by atoms with Gasteiger partial charge in [-0.2, -0.15) is 11.8 Å². The predicted octanol–water partition coefficient (Wildman–Crippen LogP) is 2.74. The van der Waals surface area contributed by atoms with Gasteiger partial charge >= 0.3 is 0 Å². The van der Waals surface area contributed by atoms with Crippen LogP contribution in [-0.4, -0.2) is 10.8 Å². The highest BCUT2D eigenvalue weighted by Gasteiger charge is 1.76. The van der Waals surface area contributed by atoms with Crippen LogP contribution < -0.4 is 0 Å². The Morgan fingerprint density at radius 2 is 2.33 bits per heavy atom. The molecular formula is C3H7BrS2. The van der Waals surface area contributed by atoms with Gasteiger partial charge in [0.2, 0.25) is 0 Å². The first-order valence-electron chi connectivity index (χ1n) is 1.73. The molecule has 0 spiro atoms. The molecule has 0 aromatic carbocycles. The van der Waals surface area contributed by atoms with Gasteiger partial charge in [-0.15, -0.1) is 0 Å². The quantitative estimate of drug-likeness (QED) is 0.492. The van der Waals surface area contributed by atoms with Crippen molar-refractivity contribution in [2.45, 2.75) is 6.92 Å². The molecule has 0 radical (unpaired) electrons. The minimum absolute atomic E-state index is 1.16. The summed E-state index contributed by atoms with van der Waals surface area (Å²) in [7, 11) is 1.70. The lowest BCUT2D eigenvalue weighted by Gasteiger charge is -1.85. The average Bonchev–Trinajstić information content (AvgIpc) is 1.61. The standard InChI is InChI=1S/C3H7BrS2/c1-2-5-3-6-4/h2-3H2,1H3. The van der Waals surface area contributed by atoms with Gasteiger partial charge in [0, 0.05) is 0 Å². The third kappa shape index (κ3) is 5.18. The topological polar surface area (TPSA) is 0 Å². The predicted molar refractivity (Wildman–Crippen MR) is 39.5 cm³/mol. The molecular weight excluding hydrogens is 180 g/mol. The zero-order chi connectivity index (χ0) is 4.83. The Labute approximate surface area is 54.7 Å². The summed E-state index contributed by atoms with van der Waals surface area (Å²) in [5.41, 5.74) is 0. The second-order valence-corrected chi connectivity index (χ2v) is 4.24. The van der Waals surface area contributed by atoms with Gasteiger partial charge in [-0.05, 0) is 20.6 Å². The maximum atomic E-state index is 3.25. The van der Waals surface area contributed by atoms with Gasteiger partial charge in [-0.1, -0.05) is 17.1 Å². The summed E-state index contributed by atoms with van der Waals surface area (Å²) in [5, 5.41) is 1.16. The van der Waals surface area contributed by atoms with Crippen molar-refractivity contribution in [3.63, 3.8) is 0 Å². The summed E-state index contributed by atoms with van der Waals surface area (Å²) in [6.07, 6.45) is 0. The van der Waals surface area contributed by atoms with E-state index in [1.807, 2.05) is 11.8 Å². The lowest BCUT2D eigenvalue weighted by atomic mass is 11.0. The maximum absolute atomic E-state index is 3.25. The molecule has 0 N–H and O–H groups in total. The highest BCUT2D eigenvalue weighted by Crippen LogP contribution is 2.16. The van der Waals surface area contributed by atoms with E-state index in [0.29, 0.717) is 0 Å². The number of hydrogen-bond acceptors (Lipinski definition) is 2. The van der Waals surface area contributed by atoms with E-state index in [-0.39, 0.29) is 0 Å². The molecule has 6 heavy (non-hydrogen) atoms. The van der Waals surface area contributed by atoms with Crippen LogP contribution in [0.2, 0.25) is 0 Å². The number of rotatable bonds is 3. The molecule has 0 aliphatic rings. The molecule has 0 bridgehead atoms. The van der Waals surface area contributed by atoms with Crippen LogP contribution in [0.15, 0.2) is 0 Å². The van der Waals surface area contributed by atoms with Crippen LogP contribution in [0, 0.1) is 0 Å². The minimum atomic E-state index is 1.16. The summed E-state index contributed by atoms with van der Waals surface area (Å²) in [6.45, 7) is 2.16. The minimum Gasteiger partial charge on any atom is -0.150 e. The molecule has 0 aromatic heterocycles. The molecule has 0 rings (SSSR count). The number of thioether (sulfide) groups is 1. The van der Waals surface area contributed by atoms with Gasteiger partial charge in [0.05, 0.1) is 5.08 Å². The smallest absolute Gasteiger partial charge is 0.0501 e. The Morgan fingerprint density at radius 3 is 2.50 bits per heavy atom. The lowest BCUT2D eigenvalue weighted by Crippen LogP contribution is -1.63.